The molecule has 4 aliphatic carbocycles. The second-order valence-corrected chi connectivity index (χ2v) is 11.6. The number of hydrogen-bond donors (Lipinski definition) is 0. The van der Waals surface area contributed by atoms with Crippen molar-refractivity contribution >= 4 is 17.8 Å². The zero-order valence-electron chi connectivity index (χ0n) is 20.4. The summed E-state index contributed by atoms with van der Waals surface area (Å²) in [4.78, 5) is 24.8. The van der Waals surface area contributed by atoms with Gasteiger partial charge in [0.15, 0.2) is 5.78 Å². The van der Waals surface area contributed by atoms with Gasteiger partial charge in [0, 0.05) is 19.3 Å². The molecular weight excluding hydrogens is 408 g/mol. The SMILES string of the molecule is CC(=O)O[C@H]1CC[C@@]2(C)C(=CC[C@H]3[C@@H]4CC[C@H](C(=O)C=Cc5ccccc5)[C@]4(C)CC[C@@H]32)C1. The molecule has 33 heavy (non-hydrogen) atoms. The molecule has 0 aromatic heterocycles. The van der Waals surface area contributed by atoms with E-state index in [4.69, 9.17) is 4.74 Å². The average molecular weight is 447 g/mol. The topological polar surface area (TPSA) is 43.4 Å². The molecule has 5 rings (SSSR count). The maximum absolute atomic E-state index is 13.3. The van der Waals surface area contributed by atoms with Crippen LogP contribution < -0.4 is 0 Å². The Labute approximate surface area is 198 Å². The fraction of sp³-hybridized carbons (Fsp3) is 0.600. The predicted octanol–water partition coefficient (Wildman–Crippen LogP) is 6.78. The molecule has 3 fully saturated rings. The van der Waals surface area contributed by atoms with E-state index in [0.717, 1.165) is 44.1 Å². The van der Waals surface area contributed by atoms with Gasteiger partial charge in [0.1, 0.15) is 6.10 Å². The van der Waals surface area contributed by atoms with Crippen molar-refractivity contribution < 1.29 is 14.3 Å². The zero-order chi connectivity index (χ0) is 23.2. The van der Waals surface area contributed by atoms with Crippen molar-refractivity contribution in [3.63, 3.8) is 0 Å². The Kier molecular flexibility index (Phi) is 5.87. The molecule has 0 unspecified atom stereocenters. The second kappa shape index (κ2) is 8.56. The standard InChI is InChI=1S/C30H38O3/c1-20(31)33-23-15-17-29(2)22(19-23)10-11-24-25-12-13-27(30(25,3)18-16-26(24)29)28(32)14-9-21-7-5-4-6-8-21/h4-10,14,23-27H,11-13,15-19H2,1-3H3/t23-,24-,25-,26-,27+,29-,30+/m0/s1. The molecule has 0 saturated heterocycles. The van der Waals surface area contributed by atoms with Gasteiger partial charge in [0.2, 0.25) is 0 Å². The van der Waals surface area contributed by atoms with E-state index >= 15 is 0 Å². The molecule has 3 heteroatoms. The van der Waals surface area contributed by atoms with Gasteiger partial charge in [0.25, 0.3) is 0 Å². The van der Waals surface area contributed by atoms with E-state index in [2.05, 4.69) is 32.1 Å². The lowest BCUT2D eigenvalue weighted by atomic mass is 9.47. The van der Waals surface area contributed by atoms with Gasteiger partial charge in [-0.15, -0.1) is 0 Å². The van der Waals surface area contributed by atoms with E-state index in [1.807, 2.05) is 30.4 Å². The van der Waals surface area contributed by atoms with E-state index in [1.54, 1.807) is 0 Å². The Morgan fingerprint density at radius 3 is 2.55 bits per heavy atom. The summed E-state index contributed by atoms with van der Waals surface area (Å²) in [6.45, 7) is 6.41. The molecule has 0 aliphatic heterocycles. The van der Waals surface area contributed by atoms with Crippen molar-refractivity contribution in [2.45, 2.75) is 78.2 Å². The third-order valence-electron chi connectivity index (χ3n) is 9.97. The van der Waals surface area contributed by atoms with Crippen molar-refractivity contribution in [2.75, 3.05) is 0 Å². The summed E-state index contributed by atoms with van der Waals surface area (Å²) in [5.74, 6) is 2.33. The van der Waals surface area contributed by atoms with Crippen molar-refractivity contribution in [2.24, 2.45) is 34.5 Å². The minimum atomic E-state index is -0.158. The highest BCUT2D eigenvalue weighted by Crippen LogP contribution is 2.66. The number of ether oxygens (including phenoxy) is 1. The van der Waals surface area contributed by atoms with Crippen LogP contribution in [0.4, 0.5) is 0 Å². The lowest BCUT2D eigenvalue weighted by Crippen LogP contribution is -2.51. The minimum Gasteiger partial charge on any atom is -0.462 e. The van der Waals surface area contributed by atoms with Gasteiger partial charge in [-0.3, -0.25) is 9.59 Å². The smallest absolute Gasteiger partial charge is 0.302 e. The number of allylic oxidation sites excluding steroid dienone is 2. The Balaban J connectivity index is 1.33. The van der Waals surface area contributed by atoms with E-state index in [1.165, 1.54) is 25.3 Å². The van der Waals surface area contributed by atoms with Gasteiger partial charge in [-0.05, 0) is 85.2 Å². The molecule has 0 N–H and O–H groups in total. The second-order valence-electron chi connectivity index (χ2n) is 11.6. The van der Waals surface area contributed by atoms with Gasteiger partial charge in [0.05, 0.1) is 0 Å². The minimum absolute atomic E-state index is 0.0529. The molecule has 0 bridgehead atoms. The monoisotopic (exact) mass is 446 g/mol. The van der Waals surface area contributed by atoms with Crippen LogP contribution in [0.1, 0.15) is 77.7 Å². The number of ketones is 1. The molecule has 1 aromatic carbocycles. The van der Waals surface area contributed by atoms with Crippen molar-refractivity contribution in [1.82, 2.24) is 0 Å². The number of esters is 1. The van der Waals surface area contributed by atoms with Crippen LogP contribution in [-0.4, -0.2) is 17.9 Å². The third kappa shape index (κ3) is 3.92. The number of rotatable bonds is 4. The van der Waals surface area contributed by atoms with Crippen molar-refractivity contribution in [3.05, 3.63) is 53.6 Å². The fourth-order valence-electron chi connectivity index (χ4n) is 8.29. The summed E-state index contributed by atoms with van der Waals surface area (Å²) in [5, 5.41) is 0. The molecule has 7 atom stereocenters. The summed E-state index contributed by atoms with van der Waals surface area (Å²) in [5.41, 5.74) is 2.98. The molecule has 0 amide bonds. The lowest BCUT2D eigenvalue weighted by Gasteiger charge is -2.58. The Bertz CT molecular complexity index is 976. The summed E-state index contributed by atoms with van der Waals surface area (Å²) in [6.07, 6.45) is 15.1. The maximum Gasteiger partial charge on any atom is 0.302 e. The van der Waals surface area contributed by atoms with Crippen LogP contribution in [-0.2, 0) is 14.3 Å². The van der Waals surface area contributed by atoms with Gasteiger partial charge in [-0.2, -0.15) is 0 Å². The Morgan fingerprint density at radius 1 is 1.00 bits per heavy atom. The van der Waals surface area contributed by atoms with Crippen molar-refractivity contribution in [1.29, 1.82) is 0 Å². The first kappa shape index (κ1) is 22.6. The van der Waals surface area contributed by atoms with Gasteiger partial charge in [-0.25, -0.2) is 0 Å². The number of carbonyl (C=O) groups excluding carboxylic acids is 2. The Morgan fingerprint density at radius 2 is 1.79 bits per heavy atom. The van der Waals surface area contributed by atoms with E-state index in [0.29, 0.717) is 23.5 Å². The third-order valence-corrected chi connectivity index (χ3v) is 9.97. The van der Waals surface area contributed by atoms with Crippen LogP contribution in [0.15, 0.2) is 48.1 Å². The van der Waals surface area contributed by atoms with E-state index in [9.17, 15) is 9.59 Å². The van der Waals surface area contributed by atoms with E-state index < -0.39 is 0 Å². The summed E-state index contributed by atoms with van der Waals surface area (Å²) in [6, 6.07) is 10.1. The predicted molar refractivity (Wildman–Crippen MR) is 131 cm³/mol. The first-order chi connectivity index (χ1) is 15.8. The van der Waals surface area contributed by atoms with Crippen molar-refractivity contribution in [3.8, 4) is 0 Å². The van der Waals surface area contributed by atoms with Crippen LogP contribution in [0.2, 0.25) is 0 Å². The van der Waals surface area contributed by atoms with Gasteiger partial charge < -0.3 is 4.74 Å². The number of benzene rings is 1. The zero-order valence-corrected chi connectivity index (χ0v) is 20.4. The molecule has 176 valence electrons. The molecule has 1 aromatic rings. The van der Waals surface area contributed by atoms with Crippen LogP contribution in [0.5, 0.6) is 0 Å². The molecule has 0 heterocycles. The maximum atomic E-state index is 13.3. The fourth-order valence-corrected chi connectivity index (χ4v) is 8.29. The number of hydrogen-bond acceptors (Lipinski definition) is 3. The molecule has 3 nitrogen and oxygen atoms in total. The quantitative estimate of drug-likeness (QED) is 0.291. The molecular formula is C30H38O3. The lowest BCUT2D eigenvalue weighted by molar-refractivity contribution is -0.149. The first-order valence-electron chi connectivity index (χ1n) is 12.9. The summed E-state index contributed by atoms with van der Waals surface area (Å²) < 4.78 is 5.58. The number of fused-ring (bicyclic) bond motifs is 5. The highest BCUT2D eigenvalue weighted by atomic mass is 16.5. The van der Waals surface area contributed by atoms with Crippen LogP contribution in [0.3, 0.4) is 0 Å². The summed E-state index contributed by atoms with van der Waals surface area (Å²) >= 11 is 0. The first-order valence-corrected chi connectivity index (χ1v) is 12.9. The van der Waals surface area contributed by atoms with Crippen LogP contribution in [0.25, 0.3) is 6.08 Å². The van der Waals surface area contributed by atoms with Crippen LogP contribution >= 0.6 is 0 Å². The van der Waals surface area contributed by atoms with E-state index in [-0.39, 0.29) is 28.8 Å². The highest BCUT2D eigenvalue weighted by Gasteiger charge is 2.59. The summed E-state index contributed by atoms with van der Waals surface area (Å²) in [7, 11) is 0. The van der Waals surface area contributed by atoms with Gasteiger partial charge >= 0.3 is 5.97 Å². The Hall–Kier alpha value is -2.16. The molecule has 0 spiro atoms. The largest absolute Gasteiger partial charge is 0.462 e. The van der Waals surface area contributed by atoms with Crippen LogP contribution in [0, 0.1) is 34.5 Å². The number of carbonyl (C=O) groups is 2. The normalized spacial score (nSPS) is 39.8. The average Bonchev–Trinajstić information content (AvgIpc) is 3.15. The van der Waals surface area contributed by atoms with Gasteiger partial charge in [-0.1, -0.05) is 61.9 Å². The molecule has 3 saturated carbocycles. The molecule has 0 radical (unpaired) electrons. The molecule has 4 aliphatic rings. The highest BCUT2D eigenvalue weighted by molar-refractivity contribution is 5.96.